The Hall–Kier alpha value is -5.13. The Morgan fingerprint density at radius 3 is 1.60 bits per heavy atom. The summed E-state index contributed by atoms with van der Waals surface area (Å²) in [5.74, 6) is 0. The highest BCUT2D eigenvalue weighted by molar-refractivity contribution is 7.26. The number of anilines is 6. The minimum atomic E-state index is 0.721. The summed E-state index contributed by atoms with van der Waals surface area (Å²) in [6, 6.07) is 58.3. The van der Waals surface area contributed by atoms with E-state index in [1.165, 1.54) is 35.6 Å². The molecule has 9 aromatic rings. The number of para-hydroxylation sites is 3. The number of rotatable bonds is 6. The third-order valence-electron chi connectivity index (χ3n) is 8.66. The topological polar surface area (TPSA) is 6.48 Å². The number of hydrogen-bond donors (Lipinski definition) is 0. The molecular weight excluding hydrogens is 632 g/mol. The molecule has 0 aliphatic carbocycles. The molecule has 0 saturated carbocycles. The van der Waals surface area contributed by atoms with Crippen LogP contribution in [0.2, 0.25) is 5.02 Å². The molecule has 47 heavy (non-hydrogen) atoms. The van der Waals surface area contributed by atoms with Crippen LogP contribution in [0, 0.1) is 0 Å². The maximum Gasteiger partial charge on any atom is 0.0569 e. The van der Waals surface area contributed by atoms with Gasteiger partial charge in [-0.2, -0.15) is 0 Å². The molecule has 0 N–H and O–H groups in total. The van der Waals surface area contributed by atoms with Gasteiger partial charge in [0.1, 0.15) is 0 Å². The van der Waals surface area contributed by atoms with Crippen LogP contribution in [0.1, 0.15) is 0 Å². The van der Waals surface area contributed by atoms with E-state index < -0.39 is 0 Å². The van der Waals surface area contributed by atoms with Crippen molar-refractivity contribution in [2.45, 2.75) is 0 Å². The van der Waals surface area contributed by atoms with Crippen molar-refractivity contribution in [1.29, 1.82) is 0 Å². The minimum Gasteiger partial charge on any atom is -0.310 e. The maximum atomic E-state index is 6.86. The van der Waals surface area contributed by atoms with Gasteiger partial charge in [0.05, 0.1) is 5.69 Å². The van der Waals surface area contributed by atoms with Gasteiger partial charge in [0.25, 0.3) is 0 Å². The first kappa shape index (κ1) is 28.1. The molecule has 7 aromatic carbocycles. The average Bonchev–Trinajstić information content (AvgIpc) is 3.67. The summed E-state index contributed by atoms with van der Waals surface area (Å²) in [7, 11) is 0. The summed E-state index contributed by atoms with van der Waals surface area (Å²) in [6.45, 7) is 0. The first-order valence-electron chi connectivity index (χ1n) is 15.5. The second kappa shape index (κ2) is 11.6. The molecule has 0 spiro atoms. The lowest BCUT2D eigenvalue weighted by Gasteiger charge is -2.27. The molecule has 2 heterocycles. The Labute approximate surface area is 285 Å². The molecule has 5 heteroatoms. The Morgan fingerprint density at radius 2 is 0.894 bits per heavy atom. The lowest BCUT2D eigenvalue weighted by atomic mass is 10.1. The number of benzene rings is 7. The molecular formula is C42H27ClN2S2. The van der Waals surface area contributed by atoms with Crippen LogP contribution >= 0.6 is 34.3 Å². The Bertz CT molecular complexity index is 2500. The minimum absolute atomic E-state index is 0.721. The molecule has 0 aliphatic heterocycles. The summed E-state index contributed by atoms with van der Waals surface area (Å²) in [4.78, 5) is 4.69. The van der Waals surface area contributed by atoms with E-state index in [9.17, 15) is 0 Å². The summed E-state index contributed by atoms with van der Waals surface area (Å²) in [5, 5.41) is 5.72. The first-order valence-corrected chi connectivity index (χ1v) is 17.5. The zero-order valence-corrected chi connectivity index (χ0v) is 27.6. The fourth-order valence-electron chi connectivity index (χ4n) is 6.61. The van der Waals surface area contributed by atoms with Gasteiger partial charge in [0.2, 0.25) is 0 Å². The van der Waals surface area contributed by atoms with Crippen molar-refractivity contribution < 1.29 is 0 Å². The fourth-order valence-corrected chi connectivity index (χ4v) is 9.18. The molecule has 0 aliphatic rings. The number of nitrogens with zero attached hydrogens (tertiary/aromatic N) is 2. The van der Waals surface area contributed by atoms with Crippen LogP contribution in [0.5, 0.6) is 0 Å². The summed E-state index contributed by atoms with van der Waals surface area (Å²) < 4.78 is 4.98. The van der Waals surface area contributed by atoms with Gasteiger partial charge in [-0.05, 0) is 84.9 Å². The molecule has 2 nitrogen and oxygen atoms in total. The second-order valence-electron chi connectivity index (χ2n) is 11.5. The first-order chi connectivity index (χ1) is 23.2. The van der Waals surface area contributed by atoms with Gasteiger partial charge in [-0.3, -0.25) is 0 Å². The van der Waals surface area contributed by atoms with E-state index in [1.54, 1.807) is 11.3 Å². The molecule has 0 radical (unpaired) electrons. The molecule has 2 aromatic heterocycles. The van der Waals surface area contributed by atoms with Crippen LogP contribution in [-0.4, -0.2) is 0 Å². The van der Waals surface area contributed by atoms with Gasteiger partial charge in [-0.25, -0.2) is 0 Å². The molecule has 0 amide bonds. The standard InChI is InChI=1S/C42H27ClN2S2/c43-28-24-37(45(30-14-6-2-7-15-30)31-16-8-3-9-17-31)42-36-26-32(21-23-39(36)47-41(42)25-28)44(29-12-4-1-5-13-29)33-20-22-35-34-18-10-11-19-38(34)46-40(35)27-33/h1-27H. The normalized spacial score (nSPS) is 11.5. The third-order valence-corrected chi connectivity index (χ3v) is 11.1. The molecule has 0 unspecified atom stereocenters. The SMILES string of the molecule is Clc1cc(N(c2ccccc2)c2ccccc2)c2c(c1)sc1ccc(N(c3ccccc3)c3ccc4c(c3)sc3ccccc34)cc12. The Kier molecular flexibility index (Phi) is 6.93. The van der Waals surface area contributed by atoms with Crippen LogP contribution in [0.4, 0.5) is 34.1 Å². The van der Waals surface area contributed by atoms with Gasteiger partial charge in [-0.15, -0.1) is 22.7 Å². The zero-order chi connectivity index (χ0) is 31.3. The Balaban J connectivity index is 1.28. The van der Waals surface area contributed by atoms with Crippen LogP contribution in [0.3, 0.4) is 0 Å². The van der Waals surface area contributed by atoms with Gasteiger partial charge >= 0.3 is 0 Å². The van der Waals surface area contributed by atoms with Crippen molar-refractivity contribution in [3.8, 4) is 0 Å². The Morgan fingerprint density at radius 1 is 0.362 bits per heavy atom. The van der Waals surface area contributed by atoms with Crippen LogP contribution in [0.15, 0.2) is 164 Å². The van der Waals surface area contributed by atoms with E-state index in [0.717, 1.165) is 43.8 Å². The van der Waals surface area contributed by atoms with Gasteiger partial charge in [0.15, 0.2) is 0 Å². The molecule has 0 fully saturated rings. The number of thiophene rings is 2. The van der Waals surface area contributed by atoms with E-state index in [0.29, 0.717) is 0 Å². The third kappa shape index (κ3) is 4.93. The number of hydrogen-bond acceptors (Lipinski definition) is 4. The predicted molar refractivity (Wildman–Crippen MR) is 207 cm³/mol. The van der Waals surface area contributed by atoms with E-state index >= 15 is 0 Å². The predicted octanol–water partition coefficient (Wildman–Crippen LogP) is 14.0. The van der Waals surface area contributed by atoms with E-state index in [1.807, 2.05) is 11.3 Å². The lowest BCUT2D eigenvalue weighted by molar-refractivity contribution is 1.29. The van der Waals surface area contributed by atoms with Crippen molar-refractivity contribution in [1.82, 2.24) is 0 Å². The van der Waals surface area contributed by atoms with Gasteiger partial charge in [-0.1, -0.05) is 90.5 Å². The zero-order valence-electron chi connectivity index (χ0n) is 25.2. The number of halogens is 1. The van der Waals surface area contributed by atoms with E-state index in [2.05, 4.69) is 174 Å². The van der Waals surface area contributed by atoms with Crippen molar-refractivity contribution in [2.75, 3.05) is 9.80 Å². The smallest absolute Gasteiger partial charge is 0.0569 e. The van der Waals surface area contributed by atoms with Crippen molar-refractivity contribution in [3.05, 3.63) is 169 Å². The monoisotopic (exact) mass is 658 g/mol. The van der Waals surface area contributed by atoms with Crippen LogP contribution in [0.25, 0.3) is 40.3 Å². The average molecular weight is 659 g/mol. The highest BCUT2D eigenvalue weighted by Crippen LogP contribution is 2.48. The van der Waals surface area contributed by atoms with Gasteiger partial charge < -0.3 is 9.80 Å². The highest BCUT2D eigenvalue weighted by Gasteiger charge is 2.21. The largest absolute Gasteiger partial charge is 0.310 e. The fraction of sp³-hybridized carbons (Fsp3) is 0. The van der Waals surface area contributed by atoms with E-state index in [4.69, 9.17) is 11.6 Å². The molecule has 224 valence electrons. The highest BCUT2D eigenvalue weighted by atomic mass is 35.5. The second-order valence-corrected chi connectivity index (χ2v) is 14.1. The number of fused-ring (bicyclic) bond motifs is 6. The van der Waals surface area contributed by atoms with Crippen molar-refractivity contribution in [2.24, 2.45) is 0 Å². The van der Waals surface area contributed by atoms with Crippen LogP contribution < -0.4 is 9.80 Å². The lowest BCUT2D eigenvalue weighted by Crippen LogP contribution is -2.10. The summed E-state index contributed by atoms with van der Waals surface area (Å²) in [5.41, 5.74) is 6.58. The molecule has 0 atom stereocenters. The van der Waals surface area contributed by atoms with E-state index in [-0.39, 0.29) is 0 Å². The molecule has 0 saturated heterocycles. The summed E-state index contributed by atoms with van der Waals surface area (Å²) >= 11 is 10.5. The van der Waals surface area contributed by atoms with Crippen LogP contribution in [-0.2, 0) is 0 Å². The van der Waals surface area contributed by atoms with Crippen molar-refractivity contribution in [3.63, 3.8) is 0 Å². The van der Waals surface area contributed by atoms with Crippen molar-refractivity contribution >= 4 is 109 Å². The van der Waals surface area contributed by atoms with Gasteiger partial charge in [0, 0.05) is 73.8 Å². The summed E-state index contributed by atoms with van der Waals surface area (Å²) in [6.07, 6.45) is 0. The maximum absolute atomic E-state index is 6.86. The quantitative estimate of drug-likeness (QED) is 0.175. The molecule has 0 bridgehead atoms. The molecule has 9 rings (SSSR count).